The monoisotopic (exact) mass is 408 g/mol. The number of hydrogen-bond donors (Lipinski definition) is 0. The minimum atomic E-state index is -0.0699. The van der Waals surface area contributed by atoms with E-state index in [1.807, 2.05) is 60.7 Å². The Morgan fingerprint density at radius 2 is 2.00 bits per heavy atom. The van der Waals surface area contributed by atoms with E-state index in [0.717, 1.165) is 47.2 Å². The maximum absolute atomic E-state index is 13.1. The van der Waals surface area contributed by atoms with Crippen LogP contribution in [0.2, 0.25) is 0 Å². The maximum atomic E-state index is 13.1. The average Bonchev–Trinajstić information content (AvgIpc) is 3.38. The van der Waals surface area contributed by atoms with E-state index < -0.39 is 0 Å². The standard InChI is InChI=1S/C23H24N2O3S/c1-27-19-11-9-17(10-12-19)14-21-22(26)25(15-18-6-3-2-4-7-18)23(24-21)29-16-20-8-5-13-28-20/h2-4,6-7,9-12,14,20H,5,8,13,15-16H2,1H3/b21-14-/t20-/m1/s1. The SMILES string of the molecule is COc1ccc(/C=C2\N=C(SC[C@H]3CCCO3)N(Cc3ccccc3)C2=O)cc1. The van der Waals surface area contributed by atoms with Gasteiger partial charge in [0.25, 0.3) is 5.91 Å². The Morgan fingerprint density at radius 3 is 2.69 bits per heavy atom. The summed E-state index contributed by atoms with van der Waals surface area (Å²) in [6.45, 7) is 1.34. The topological polar surface area (TPSA) is 51.1 Å². The summed E-state index contributed by atoms with van der Waals surface area (Å²) in [5.41, 5.74) is 2.46. The van der Waals surface area contributed by atoms with Gasteiger partial charge in [-0.2, -0.15) is 0 Å². The fourth-order valence-electron chi connectivity index (χ4n) is 3.35. The predicted octanol–water partition coefficient (Wildman–Crippen LogP) is 4.35. The molecule has 0 unspecified atom stereocenters. The molecular weight excluding hydrogens is 384 g/mol. The lowest BCUT2D eigenvalue weighted by atomic mass is 10.1. The third-order valence-electron chi connectivity index (χ3n) is 4.94. The van der Waals surface area contributed by atoms with Gasteiger partial charge in [0.05, 0.1) is 19.8 Å². The van der Waals surface area contributed by atoms with Gasteiger partial charge >= 0.3 is 0 Å². The van der Waals surface area contributed by atoms with Crippen LogP contribution in [0.25, 0.3) is 6.08 Å². The van der Waals surface area contributed by atoms with Gasteiger partial charge in [-0.15, -0.1) is 0 Å². The summed E-state index contributed by atoms with van der Waals surface area (Å²) in [5.74, 6) is 1.53. The zero-order valence-electron chi connectivity index (χ0n) is 16.4. The maximum Gasteiger partial charge on any atom is 0.278 e. The fraction of sp³-hybridized carbons (Fsp3) is 0.304. The Bertz CT molecular complexity index is 903. The number of ether oxygens (including phenoxy) is 2. The van der Waals surface area contributed by atoms with E-state index in [1.54, 1.807) is 23.8 Å². The van der Waals surface area contributed by atoms with Crippen molar-refractivity contribution in [2.45, 2.75) is 25.5 Å². The molecule has 2 aromatic carbocycles. The number of carbonyl (C=O) groups is 1. The quantitative estimate of drug-likeness (QED) is 0.667. The Labute approximate surface area is 175 Å². The smallest absolute Gasteiger partial charge is 0.278 e. The Morgan fingerprint density at radius 1 is 1.21 bits per heavy atom. The normalized spacial score (nSPS) is 20.4. The number of benzene rings is 2. The van der Waals surface area contributed by atoms with Gasteiger partial charge in [0.2, 0.25) is 0 Å². The lowest BCUT2D eigenvalue weighted by Gasteiger charge is -2.18. The number of nitrogens with zero attached hydrogens (tertiary/aromatic N) is 2. The molecule has 2 aliphatic heterocycles. The number of thioether (sulfide) groups is 1. The molecule has 2 aromatic rings. The molecule has 0 bridgehead atoms. The van der Waals surface area contributed by atoms with Gasteiger partial charge in [-0.1, -0.05) is 54.2 Å². The van der Waals surface area contributed by atoms with Gasteiger partial charge in [-0.25, -0.2) is 4.99 Å². The van der Waals surface area contributed by atoms with Crippen molar-refractivity contribution in [3.8, 4) is 5.75 Å². The zero-order valence-corrected chi connectivity index (χ0v) is 17.2. The third kappa shape index (κ3) is 4.89. The van der Waals surface area contributed by atoms with Crippen LogP contribution in [0.5, 0.6) is 5.75 Å². The van der Waals surface area contributed by atoms with Crippen molar-refractivity contribution in [2.24, 2.45) is 4.99 Å². The zero-order chi connectivity index (χ0) is 20.1. The minimum Gasteiger partial charge on any atom is -0.497 e. The first-order valence-corrected chi connectivity index (χ1v) is 10.8. The second-order valence-electron chi connectivity index (χ2n) is 7.02. The van der Waals surface area contributed by atoms with E-state index in [1.165, 1.54) is 0 Å². The lowest BCUT2D eigenvalue weighted by molar-refractivity contribution is -0.122. The molecule has 4 rings (SSSR count). The highest BCUT2D eigenvalue weighted by atomic mass is 32.2. The Kier molecular flexibility index (Phi) is 6.32. The number of hydrogen-bond acceptors (Lipinski definition) is 5. The van der Waals surface area contributed by atoms with Gasteiger partial charge in [0.1, 0.15) is 11.4 Å². The molecule has 29 heavy (non-hydrogen) atoms. The number of amidine groups is 1. The van der Waals surface area contributed by atoms with Crippen molar-refractivity contribution in [1.29, 1.82) is 0 Å². The first-order valence-electron chi connectivity index (χ1n) is 9.77. The van der Waals surface area contributed by atoms with Crippen LogP contribution in [-0.4, -0.2) is 41.5 Å². The van der Waals surface area contributed by atoms with Crippen molar-refractivity contribution in [2.75, 3.05) is 19.5 Å². The minimum absolute atomic E-state index is 0.0699. The largest absolute Gasteiger partial charge is 0.497 e. The van der Waals surface area contributed by atoms with Gasteiger partial charge in [0, 0.05) is 12.4 Å². The molecule has 2 heterocycles. The molecule has 2 aliphatic rings. The van der Waals surface area contributed by atoms with Crippen LogP contribution in [0.4, 0.5) is 0 Å². The Hall–Kier alpha value is -2.57. The molecule has 5 nitrogen and oxygen atoms in total. The van der Waals surface area contributed by atoms with Crippen LogP contribution in [0.15, 0.2) is 65.3 Å². The van der Waals surface area contributed by atoms with E-state index in [0.29, 0.717) is 12.2 Å². The van der Waals surface area contributed by atoms with Crippen LogP contribution in [0, 0.1) is 0 Å². The number of aliphatic imine (C=N–C) groups is 1. The molecule has 150 valence electrons. The molecule has 1 saturated heterocycles. The molecule has 0 N–H and O–H groups in total. The summed E-state index contributed by atoms with van der Waals surface area (Å²) in [4.78, 5) is 19.6. The summed E-state index contributed by atoms with van der Waals surface area (Å²) in [6, 6.07) is 17.6. The molecule has 0 radical (unpaired) electrons. The molecule has 1 atom stereocenters. The molecule has 0 aromatic heterocycles. The Balaban J connectivity index is 1.55. The molecule has 0 saturated carbocycles. The predicted molar refractivity (Wildman–Crippen MR) is 117 cm³/mol. The summed E-state index contributed by atoms with van der Waals surface area (Å²) < 4.78 is 10.9. The van der Waals surface area contributed by atoms with Crippen LogP contribution >= 0.6 is 11.8 Å². The van der Waals surface area contributed by atoms with Crippen LogP contribution in [0.3, 0.4) is 0 Å². The second-order valence-corrected chi connectivity index (χ2v) is 8.01. The highest BCUT2D eigenvalue weighted by Gasteiger charge is 2.31. The first-order chi connectivity index (χ1) is 14.2. The lowest BCUT2D eigenvalue weighted by Crippen LogP contribution is -2.30. The van der Waals surface area contributed by atoms with E-state index in [-0.39, 0.29) is 12.0 Å². The van der Waals surface area contributed by atoms with Gasteiger partial charge in [0.15, 0.2) is 5.17 Å². The summed E-state index contributed by atoms with van der Waals surface area (Å²) >= 11 is 1.60. The highest BCUT2D eigenvalue weighted by Crippen LogP contribution is 2.28. The van der Waals surface area contributed by atoms with Crippen molar-refractivity contribution in [1.82, 2.24) is 4.90 Å². The third-order valence-corrected chi connectivity index (χ3v) is 6.04. The van der Waals surface area contributed by atoms with E-state index in [9.17, 15) is 4.79 Å². The molecular formula is C23H24N2O3S. The van der Waals surface area contributed by atoms with Crippen LogP contribution in [-0.2, 0) is 16.1 Å². The molecule has 0 aliphatic carbocycles. The summed E-state index contributed by atoms with van der Waals surface area (Å²) in [6.07, 6.45) is 4.25. The van der Waals surface area contributed by atoms with E-state index >= 15 is 0 Å². The molecule has 0 spiro atoms. The van der Waals surface area contributed by atoms with Crippen molar-refractivity contribution in [3.05, 3.63) is 71.4 Å². The fourth-order valence-corrected chi connectivity index (χ4v) is 4.41. The number of rotatable bonds is 6. The number of carbonyl (C=O) groups excluding carboxylic acids is 1. The highest BCUT2D eigenvalue weighted by molar-refractivity contribution is 8.13. The molecule has 6 heteroatoms. The van der Waals surface area contributed by atoms with E-state index in [4.69, 9.17) is 9.47 Å². The van der Waals surface area contributed by atoms with Crippen molar-refractivity contribution < 1.29 is 14.3 Å². The van der Waals surface area contributed by atoms with Gasteiger partial charge in [-0.3, -0.25) is 9.69 Å². The summed E-state index contributed by atoms with van der Waals surface area (Å²) in [7, 11) is 1.64. The second kappa shape index (κ2) is 9.29. The van der Waals surface area contributed by atoms with Crippen LogP contribution < -0.4 is 4.74 Å². The van der Waals surface area contributed by atoms with Crippen LogP contribution in [0.1, 0.15) is 24.0 Å². The summed E-state index contributed by atoms with van der Waals surface area (Å²) in [5, 5.41) is 0.745. The van der Waals surface area contributed by atoms with Gasteiger partial charge in [-0.05, 0) is 42.2 Å². The average molecular weight is 409 g/mol. The van der Waals surface area contributed by atoms with E-state index in [2.05, 4.69) is 4.99 Å². The van der Waals surface area contributed by atoms with Crippen molar-refractivity contribution in [3.63, 3.8) is 0 Å². The molecule has 1 fully saturated rings. The van der Waals surface area contributed by atoms with Gasteiger partial charge < -0.3 is 9.47 Å². The first kappa shape index (κ1) is 19.7. The molecule has 1 amide bonds. The van der Waals surface area contributed by atoms with Crippen molar-refractivity contribution >= 4 is 28.9 Å². The number of amides is 1. The number of methoxy groups -OCH3 is 1.